The van der Waals surface area contributed by atoms with E-state index in [0.717, 1.165) is 0 Å². The number of sulfonamides is 1. The van der Waals surface area contributed by atoms with Crippen LogP contribution in [0.2, 0.25) is 5.02 Å². The van der Waals surface area contributed by atoms with Crippen molar-refractivity contribution in [3.05, 3.63) is 40.2 Å². The maximum Gasteiger partial charge on any atom is 0.261 e. The number of carbonyl (C=O) groups excluding carboxylic acids is 1. The van der Waals surface area contributed by atoms with E-state index < -0.39 is 10.0 Å². The lowest BCUT2D eigenvalue weighted by molar-refractivity contribution is 0.102. The lowest BCUT2D eigenvalue weighted by Crippen LogP contribution is -2.25. The summed E-state index contributed by atoms with van der Waals surface area (Å²) in [5, 5.41) is 6.90. The highest BCUT2D eigenvalue weighted by atomic mass is 35.5. The molecule has 26 heavy (non-hydrogen) atoms. The zero-order valence-electron chi connectivity index (χ0n) is 14.7. The van der Waals surface area contributed by atoms with Gasteiger partial charge in [-0.25, -0.2) is 8.42 Å². The molecule has 0 spiro atoms. The molecule has 3 rings (SSSR count). The molecule has 1 aliphatic heterocycles. The predicted octanol–water partition coefficient (Wildman–Crippen LogP) is 3.55. The van der Waals surface area contributed by atoms with Gasteiger partial charge in [-0.15, -0.1) is 0 Å². The van der Waals surface area contributed by atoms with E-state index in [9.17, 15) is 13.2 Å². The molecule has 140 valence electrons. The number of aryl methyl sites for hydroxylation is 1. The van der Waals surface area contributed by atoms with E-state index in [2.05, 4.69) is 10.5 Å². The fourth-order valence-electron chi connectivity index (χ4n) is 2.95. The van der Waals surface area contributed by atoms with Crippen LogP contribution in [-0.2, 0) is 10.0 Å². The van der Waals surface area contributed by atoms with Gasteiger partial charge in [-0.2, -0.15) is 0 Å². The Bertz CT molecular complexity index is 953. The molecule has 1 aliphatic rings. The van der Waals surface area contributed by atoms with Crippen molar-refractivity contribution in [3.63, 3.8) is 0 Å². The Balaban J connectivity index is 1.85. The Labute approximate surface area is 157 Å². The number of benzene rings is 1. The molecule has 1 saturated heterocycles. The first-order chi connectivity index (χ1) is 12.2. The normalized spacial score (nSPS) is 16.3. The van der Waals surface area contributed by atoms with E-state index in [-0.39, 0.29) is 22.6 Å². The van der Waals surface area contributed by atoms with Gasteiger partial charge in [0.2, 0.25) is 10.0 Å². The van der Waals surface area contributed by atoms with Crippen molar-refractivity contribution in [2.24, 2.45) is 0 Å². The summed E-state index contributed by atoms with van der Waals surface area (Å²) in [5.74, 6) is 0.311. The first kappa shape index (κ1) is 18.7. The van der Waals surface area contributed by atoms with Gasteiger partial charge < -0.3 is 9.84 Å². The molecule has 0 bridgehead atoms. The van der Waals surface area contributed by atoms with Gasteiger partial charge in [-0.3, -0.25) is 9.10 Å². The summed E-state index contributed by atoms with van der Waals surface area (Å²) in [6.45, 7) is 5.95. The highest BCUT2D eigenvalue weighted by Gasteiger charge is 2.30. The number of aromatic nitrogens is 1. The van der Waals surface area contributed by atoms with Crippen molar-refractivity contribution in [2.45, 2.75) is 33.1 Å². The number of rotatable bonds is 4. The largest absolute Gasteiger partial charge is 0.360 e. The number of carbonyl (C=O) groups is 1. The van der Waals surface area contributed by atoms with Crippen LogP contribution in [0.3, 0.4) is 0 Å². The van der Waals surface area contributed by atoms with Gasteiger partial charge in [0.15, 0.2) is 5.76 Å². The lowest BCUT2D eigenvalue weighted by atomic mass is 10.0. The van der Waals surface area contributed by atoms with E-state index >= 15 is 0 Å². The summed E-state index contributed by atoms with van der Waals surface area (Å²) in [7, 11) is -3.31. The van der Waals surface area contributed by atoms with Gasteiger partial charge in [-0.05, 0) is 31.5 Å². The lowest BCUT2D eigenvalue weighted by Gasteiger charge is -2.19. The third-order valence-corrected chi connectivity index (χ3v) is 6.37. The topological polar surface area (TPSA) is 92.5 Å². The van der Waals surface area contributed by atoms with Gasteiger partial charge in [-0.1, -0.05) is 30.6 Å². The van der Waals surface area contributed by atoms with E-state index in [1.54, 1.807) is 25.1 Å². The van der Waals surface area contributed by atoms with Crippen LogP contribution < -0.4 is 9.62 Å². The Kier molecular flexibility index (Phi) is 4.98. The van der Waals surface area contributed by atoms with E-state index in [4.69, 9.17) is 16.1 Å². The average molecular weight is 398 g/mol. The number of halogens is 1. The minimum absolute atomic E-state index is 0.0169. The number of hydrogen-bond acceptors (Lipinski definition) is 5. The van der Waals surface area contributed by atoms with Crippen LogP contribution in [0, 0.1) is 6.92 Å². The van der Waals surface area contributed by atoms with Crippen LogP contribution in [-0.4, -0.2) is 31.8 Å². The van der Waals surface area contributed by atoms with Crippen molar-refractivity contribution < 1.29 is 17.7 Å². The van der Waals surface area contributed by atoms with Gasteiger partial charge in [0, 0.05) is 18.2 Å². The monoisotopic (exact) mass is 397 g/mol. The third-order valence-electron chi connectivity index (χ3n) is 4.21. The Morgan fingerprint density at radius 1 is 1.38 bits per heavy atom. The maximum atomic E-state index is 12.6. The molecule has 1 aromatic heterocycles. The molecule has 1 fully saturated rings. The fraction of sp³-hybridized carbons (Fsp3) is 0.412. The summed E-state index contributed by atoms with van der Waals surface area (Å²) in [5.41, 5.74) is 1.81. The minimum Gasteiger partial charge on any atom is -0.360 e. The Morgan fingerprint density at radius 2 is 2.12 bits per heavy atom. The average Bonchev–Trinajstić information content (AvgIpc) is 3.10. The third kappa shape index (κ3) is 3.43. The molecule has 0 atom stereocenters. The van der Waals surface area contributed by atoms with E-state index in [1.807, 2.05) is 13.8 Å². The number of anilines is 2. The van der Waals surface area contributed by atoms with Crippen LogP contribution in [0.1, 0.15) is 48.0 Å². The van der Waals surface area contributed by atoms with Crippen molar-refractivity contribution in [3.8, 4) is 0 Å². The first-order valence-electron chi connectivity index (χ1n) is 8.28. The number of hydrogen-bond donors (Lipinski definition) is 1. The predicted molar refractivity (Wildman–Crippen MR) is 100 cm³/mol. The minimum atomic E-state index is -3.31. The molecule has 1 N–H and O–H groups in total. The van der Waals surface area contributed by atoms with Crippen molar-refractivity contribution in [2.75, 3.05) is 21.9 Å². The Hall–Kier alpha value is -2.06. The molecule has 0 aliphatic carbocycles. The maximum absolute atomic E-state index is 12.6. The van der Waals surface area contributed by atoms with Gasteiger partial charge in [0.05, 0.1) is 22.2 Å². The van der Waals surface area contributed by atoms with Crippen molar-refractivity contribution in [1.82, 2.24) is 5.16 Å². The van der Waals surface area contributed by atoms with Crippen LogP contribution in [0.15, 0.2) is 22.7 Å². The van der Waals surface area contributed by atoms with Gasteiger partial charge in [0.1, 0.15) is 5.56 Å². The molecular weight excluding hydrogens is 378 g/mol. The second-order valence-corrected chi connectivity index (χ2v) is 8.94. The molecule has 1 amide bonds. The number of amides is 1. The number of nitrogens with zero attached hydrogens (tertiary/aromatic N) is 2. The summed E-state index contributed by atoms with van der Waals surface area (Å²) in [6, 6.07) is 4.77. The molecule has 1 aromatic carbocycles. The summed E-state index contributed by atoms with van der Waals surface area (Å²) >= 11 is 6.27. The second-order valence-electron chi connectivity index (χ2n) is 6.52. The molecule has 2 aromatic rings. The van der Waals surface area contributed by atoms with E-state index in [0.29, 0.717) is 41.4 Å². The summed E-state index contributed by atoms with van der Waals surface area (Å²) < 4.78 is 30.6. The first-order valence-corrected chi connectivity index (χ1v) is 10.3. The molecule has 7 nitrogen and oxygen atoms in total. The van der Waals surface area contributed by atoms with Gasteiger partial charge >= 0.3 is 0 Å². The highest BCUT2D eigenvalue weighted by Crippen LogP contribution is 2.33. The van der Waals surface area contributed by atoms with Crippen LogP contribution >= 0.6 is 11.6 Å². The zero-order valence-corrected chi connectivity index (χ0v) is 16.3. The standard InChI is InChI=1S/C17H20ClN3O4S/c1-10(2)16-15(11(3)20-25-16)17(22)19-12-5-6-14(13(18)9-12)21-7-4-8-26(21,23)24/h5-6,9-10H,4,7-8H2,1-3H3,(H,19,22). The fourth-order valence-corrected chi connectivity index (χ4v) is 4.86. The molecule has 0 unspecified atom stereocenters. The summed E-state index contributed by atoms with van der Waals surface area (Å²) in [4.78, 5) is 12.6. The number of nitrogens with one attached hydrogen (secondary N) is 1. The molecule has 0 saturated carbocycles. The van der Waals surface area contributed by atoms with Crippen LogP contribution in [0.25, 0.3) is 0 Å². The molecule has 9 heteroatoms. The Morgan fingerprint density at radius 3 is 2.69 bits per heavy atom. The van der Waals surface area contributed by atoms with Crippen LogP contribution in [0.5, 0.6) is 0 Å². The van der Waals surface area contributed by atoms with E-state index in [1.165, 1.54) is 4.31 Å². The quantitative estimate of drug-likeness (QED) is 0.851. The smallest absolute Gasteiger partial charge is 0.261 e. The highest BCUT2D eigenvalue weighted by molar-refractivity contribution is 7.93. The van der Waals surface area contributed by atoms with Crippen molar-refractivity contribution in [1.29, 1.82) is 0 Å². The van der Waals surface area contributed by atoms with Crippen LogP contribution in [0.4, 0.5) is 11.4 Å². The van der Waals surface area contributed by atoms with Gasteiger partial charge in [0.25, 0.3) is 5.91 Å². The molecular formula is C17H20ClN3O4S. The molecule has 0 radical (unpaired) electrons. The second kappa shape index (κ2) is 6.92. The molecule has 2 heterocycles. The SMILES string of the molecule is Cc1noc(C(C)C)c1C(=O)Nc1ccc(N2CCCS2(=O)=O)c(Cl)c1. The van der Waals surface area contributed by atoms with Crippen molar-refractivity contribution >= 4 is 38.9 Å². The summed E-state index contributed by atoms with van der Waals surface area (Å²) in [6.07, 6.45) is 0.571. The zero-order chi connectivity index (χ0) is 19.1.